The lowest BCUT2D eigenvalue weighted by atomic mass is 10.0. The highest BCUT2D eigenvalue weighted by Crippen LogP contribution is 2.21. The van der Waals surface area contributed by atoms with Gasteiger partial charge in [-0.25, -0.2) is 0 Å². The van der Waals surface area contributed by atoms with Gasteiger partial charge in [0.05, 0.1) is 13.2 Å². The molecule has 0 aliphatic heterocycles. The van der Waals surface area contributed by atoms with Crippen molar-refractivity contribution in [2.45, 2.75) is 32.9 Å². The second kappa shape index (κ2) is 12.2. The summed E-state index contributed by atoms with van der Waals surface area (Å²) in [6.45, 7) is 5.42. The summed E-state index contributed by atoms with van der Waals surface area (Å²) in [6.07, 6.45) is 2.72. The molecule has 2 aromatic carbocycles. The molecule has 0 bridgehead atoms. The minimum atomic E-state index is -0.132. The molecule has 0 fully saturated rings. The van der Waals surface area contributed by atoms with Crippen molar-refractivity contribution in [3.8, 4) is 11.1 Å². The molecule has 0 aliphatic carbocycles. The number of hydrogen-bond acceptors (Lipinski definition) is 3. The average molecular weight is 462 g/mol. The number of ether oxygens (including phenoxy) is 1. The van der Waals surface area contributed by atoms with Crippen molar-refractivity contribution < 1.29 is 14.3 Å². The number of amides is 2. The molecule has 0 radical (unpaired) electrons. The van der Waals surface area contributed by atoms with Gasteiger partial charge in [0, 0.05) is 44.2 Å². The van der Waals surface area contributed by atoms with Crippen LogP contribution in [-0.2, 0) is 23.1 Å². The maximum absolute atomic E-state index is 13.5. The Morgan fingerprint density at radius 1 is 0.971 bits per heavy atom. The van der Waals surface area contributed by atoms with E-state index in [0.717, 1.165) is 23.2 Å². The summed E-state index contributed by atoms with van der Waals surface area (Å²) in [5.74, 6) is -0.222. The highest BCUT2D eigenvalue weighted by molar-refractivity contribution is 5.97. The van der Waals surface area contributed by atoms with E-state index in [9.17, 15) is 9.59 Å². The van der Waals surface area contributed by atoms with Gasteiger partial charge in [-0.15, -0.1) is 0 Å². The molecule has 6 heteroatoms. The van der Waals surface area contributed by atoms with Crippen LogP contribution in [0.4, 0.5) is 0 Å². The monoisotopic (exact) mass is 461 g/mol. The van der Waals surface area contributed by atoms with Crippen LogP contribution >= 0.6 is 0 Å². The van der Waals surface area contributed by atoms with E-state index in [1.165, 1.54) is 0 Å². The van der Waals surface area contributed by atoms with Crippen LogP contribution in [0, 0.1) is 0 Å². The lowest BCUT2D eigenvalue weighted by Gasteiger charge is -2.31. The lowest BCUT2D eigenvalue weighted by molar-refractivity contribution is -0.133. The van der Waals surface area contributed by atoms with Gasteiger partial charge in [-0.2, -0.15) is 0 Å². The van der Waals surface area contributed by atoms with E-state index < -0.39 is 0 Å². The largest absolute Gasteiger partial charge is 0.383 e. The third-order valence-corrected chi connectivity index (χ3v) is 6.25. The maximum Gasteiger partial charge on any atom is 0.254 e. The molecule has 1 atom stereocenters. The van der Waals surface area contributed by atoms with E-state index in [1.807, 2.05) is 98.4 Å². The molecule has 1 aromatic heterocycles. The van der Waals surface area contributed by atoms with E-state index in [-0.39, 0.29) is 24.4 Å². The molecular formula is C28H35N3O3. The Balaban J connectivity index is 1.77. The van der Waals surface area contributed by atoms with E-state index in [4.69, 9.17) is 4.74 Å². The molecule has 3 aromatic rings. The Morgan fingerprint density at radius 2 is 1.65 bits per heavy atom. The first-order chi connectivity index (χ1) is 16.4. The van der Waals surface area contributed by atoms with Gasteiger partial charge in [0.1, 0.15) is 6.54 Å². The van der Waals surface area contributed by atoms with Crippen molar-refractivity contribution in [2.24, 2.45) is 7.05 Å². The summed E-state index contributed by atoms with van der Waals surface area (Å²) in [5.41, 5.74) is 3.77. The first-order valence-electron chi connectivity index (χ1n) is 11.8. The molecule has 1 unspecified atom stereocenters. The Labute approximate surface area is 202 Å². The van der Waals surface area contributed by atoms with Crippen molar-refractivity contribution >= 4 is 11.8 Å². The summed E-state index contributed by atoms with van der Waals surface area (Å²) < 4.78 is 7.23. The zero-order chi connectivity index (χ0) is 24.5. The van der Waals surface area contributed by atoms with Gasteiger partial charge in [0.15, 0.2) is 0 Å². The molecule has 34 heavy (non-hydrogen) atoms. The summed E-state index contributed by atoms with van der Waals surface area (Å²) in [5, 5.41) is 0. The Morgan fingerprint density at radius 3 is 2.24 bits per heavy atom. The molecule has 180 valence electrons. The van der Waals surface area contributed by atoms with E-state index in [1.54, 1.807) is 16.9 Å². The quantitative estimate of drug-likeness (QED) is 0.419. The Hall–Kier alpha value is -3.38. The van der Waals surface area contributed by atoms with Crippen molar-refractivity contribution in [3.63, 3.8) is 0 Å². The third kappa shape index (κ3) is 6.35. The van der Waals surface area contributed by atoms with Crippen LogP contribution in [-0.4, -0.2) is 59.0 Å². The summed E-state index contributed by atoms with van der Waals surface area (Å²) in [4.78, 5) is 30.3. The van der Waals surface area contributed by atoms with Gasteiger partial charge in [-0.05, 0) is 48.7 Å². The van der Waals surface area contributed by atoms with Crippen LogP contribution < -0.4 is 0 Å². The van der Waals surface area contributed by atoms with Gasteiger partial charge in [0.2, 0.25) is 5.91 Å². The second-order valence-electron chi connectivity index (χ2n) is 8.55. The van der Waals surface area contributed by atoms with Gasteiger partial charge in [-0.1, -0.05) is 49.4 Å². The van der Waals surface area contributed by atoms with Crippen LogP contribution in [0.5, 0.6) is 0 Å². The van der Waals surface area contributed by atoms with Crippen LogP contribution in [0.15, 0.2) is 72.9 Å². The molecule has 2 amide bonds. The van der Waals surface area contributed by atoms with Crippen LogP contribution in [0.25, 0.3) is 11.1 Å². The highest BCUT2D eigenvalue weighted by atomic mass is 16.5. The van der Waals surface area contributed by atoms with Crippen molar-refractivity contribution in [3.05, 3.63) is 84.2 Å². The zero-order valence-electron chi connectivity index (χ0n) is 20.6. The van der Waals surface area contributed by atoms with Crippen molar-refractivity contribution in [1.82, 2.24) is 14.4 Å². The topological polar surface area (TPSA) is 54.8 Å². The Bertz CT molecular complexity index is 1060. The smallest absolute Gasteiger partial charge is 0.254 e. The minimum absolute atomic E-state index is 0.0302. The fraction of sp³-hybridized carbons (Fsp3) is 0.357. The predicted molar refractivity (Wildman–Crippen MR) is 135 cm³/mol. The summed E-state index contributed by atoms with van der Waals surface area (Å²) in [6, 6.07) is 21.6. The molecule has 0 saturated heterocycles. The summed E-state index contributed by atoms with van der Waals surface area (Å²) in [7, 11) is 3.58. The fourth-order valence-corrected chi connectivity index (χ4v) is 3.85. The fourth-order valence-electron chi connectivity index (χ4n) is 3.85. The molecule has 0 spiro atoms. The van der Waals surface area contributed by atoms with Gasteiger partial charge < -0.3 is 19.1 Å². The number of hydrogen-bond donors (Lipinski definition) is 0. The average Bonchev–Trinajstić information content (AvgIpc) is 3.28. The first-order valence-corrected chi connectivity index (χ1v) is 11.8. The van der Waals surface area contributed by atoms with Crippen LogP contribution in [0.3, 0.4) is 0 Å². The first kappa shape index (κ1) is 25.2. The predicted octanol–water partition coefficient (Wildman–Crippen LogP) is 4.61. The molecular weight excluding hydrogens is 426 g/mol. The number of benzene rings is 2. The SMILES string of the molecule is CCC(C)N(CC(=O)N(CCOC)Cc1cccn1C)C(=O)c1ccc(-c2ccccc2)cc1. The number of rotatable bonds is 11. The van der Waals surface area contributed by atoms with E-state index in [2.05, 4.69) is 0 Å². The number of aryl methyl sites for hydroxylation is 1. The molecule has 1 heterocycles. The van der Waals surface area contributed by atoms with Gasteiger partial charge in [-0.3, -0.25) is 9.59 Å². The normalized spacial score (nSPS) is 11.8. The van der Waals surface area contributed by atoms with Gasteiger partial charge in [0.25, 0.3) is 5.91 Å². The number of nitrogens with zero attached hydrogens (tertiary/aromatic N) is 3. The molecule has 6 nitrogen and oxygen atoms in total. The summed E-state index contributed by atoms with van der Waals surface area (Å²) >= 11 is 0. The number of aromatic nitrogens is 1. The van der Waals surface area contributed by atoms with E-state index >= 15 is 0 Å². The molecule has 3 rings (SSSR count). The number of carbonyl (C=O) groups is 2. The van der Waals surface area contributed by atoms with Crippen molar-refractivity contribution in [2.75, 3.05) is 26.8 Å². The Kier molecular flexibility index (Phi) is 9.05. The van der Waals surface area contributed by atoms with E-state index in [0.29, 0.717) is 25.3 Å². The standard InChI is InChI=1S/C28H35N3O3/c1-5-22(2)31(21-27(32)30(18-19-34-4)20-26-12-9-17-29(26)3)28(33)25-15-13-24(14-16-25)23-10-7-6-8-11-23/h6-17,22H,5,18-21H2,1-4H3. The van der Waals surface area contributed by atoms with Crippen LogP contribution in [0.2, 0.25) is 0 Å². The lowest BCUT2D eigenvalue weighted by Crippen LogP contribution is -2.47. The molecule has 0 N–H and O–H groups in total. The minimum Gasteiger partial charge on any atom is -0.383 e. The van der Waals surface area contributed by atoms with Crippen molar-refractivity contribution in [1.29, 1.82) is 0 Å². The molecule has 0 aliphatic rings. The zero-order valence-corrected chi connectivity index (χ0v) is 20.6. The van der Waals surface area contributed by atoms with Crippen LogP contribution in [0.1, 0.15) is 36.3 Å². The maximum atomic E-state index is 13.5. The third-order valence-electron chi connectivity index (χ3n) is 6.25. The van der Waals surface area contributed by atoms with Gasteiger partial charge >= 0.3 is 0 Å². The highest BCUT2D eigenvalue weighted by Gasteiger charge is 2.26. The second-order valence-corrected chi connectivity index (χ2v) is 8.55. The number of methoxy groups -OCH3 is 1. The number of carbonyl (C=O) groups excluding carboxylic acids is 2. The molecule has 0 saturated carbocycles.